The molecule has 0 unspecified atom stereocenters. The standard InChI is InChI=1S/C16H16ClN3O2/c1-11-13(17)4-5-14(18)15(11)16(22)20(10-21)8-6-12-3-2-7-19-9-12/h2-5,7,9-10H,6,8,18H2,1H3. The van der Waals surface area contributed by atoms with Crippen LogP contribution in [0.15, 0.2) is 36.7 Å². The van der Waals surface area contributed by atoms with Gasteiger partial charge in [-0.15, -0.1) is 0 Å². The molecule has 5 nitrogen and oxygen atoms in total. The van der Waals surface area contributed by atoms with Crippen LogP contribution in [0.25, 0.3) is 0 Å². The molecule has 0 radical (unpaired) electrons. The van der Waals surface area contributed by atoms with Crippen LogP contribution in [-0.4, -0.2) is 28.7 Å². The smallest absolute Gasteiger partial charge is 0.262 e. The van der Waals surface area contributed by atoms with E-state index < -0.39 is 5.91 Å². The molecule has 2 N–H and O–H groups in total. The number of nitrogen functional groups attached to an aromatic ring is 1. The molecule has 114 valence electrons. The van der Waals surface area contributed by atoms with Gasteiger partial charge in [0.05, 0.1) is 5.56 Å². The minimum Gasteiger partial charge on any atom is -0.398 e. The van der Waals surface area contributed by atoms with Crippen molar-refractivity contribution in [3.63, 3.8) is 0 Å². The largest absolute Gasteiger partial charge is 0.398 e. The van der Waals surface area contributed by atoms with Gasteiger partial charge in [-0.25, -0.2) is 0 Å². The van der Waals surface area contributed by atoms with E-state index in [0.717, 1.165) is 10.5 Å². The molecule has 0 bridgehead atoms. The van der Waals surface area contributed by atoms with Gasteiger partial charge in [-0.2, -0.15) is 0 Å². The SMILES string of the molecule is Cc1c(Cl)ccc(N)c1C(=O)N(C=O)CCc1cccnc1. The molecule has 2 aromatic rings. The first-order chi connectivity index (χ1) is 10.5. The fourth-order valence-electron chi connectivity index (χ4n) is 2.13. The number of anilines is 1. The highest BCUT2D eigenvalue weighted by Crippen LogP contribution is 2.25. The van der Waals surface area contributed by atoms with Gasteiger partial charge in [0.25, 0.3) is 5.91 Å². The number of hydrogen-bond donors (Lipinski definition) is 1. The van der Waals surface area contributed by atoms with Crippen molar-refractivity contribution >= 4 is 29.6 Å². The molecule has 2 amide bonds. The lowest BCUT2D eigenvalue weighted by atomic mass is 10.0. The monoisotopic (exact) mass is 317 g/mol. The van der Waals surface area contributed by atoms with Gasteiger partial charge in [0.1, 0.15) is 0 Å². The average molecular weight is 318 g/mol. The van der Waals surface area contributed by atoms with Gasteiger partial charge in [-0.1, -0.05) is 17.7 Å². The Kier molecular flexibility index (Phi) is 5.12. The first kappa shape index (κ1) is 16.0. The molecule has 0 aliphatic heterocycles. The Labute approximate surface area is 133 Å². The summed E-state index contributed by atoms with van der Waals surface area (Å²) in [5, 5.41) is 0.440. The van der Waals surface area contributed by atoms with Crippen molar-refractivity contribution in [2.24, 2.45) is 0 Å². The molecule has 6 heteroatoms. The van der Waals surface area contributed by atoms with Gasteiger partial charge < -0.3 is 5.73 Å². The van der Waals surface area contributed by atoms with Gasteiger partial charge in [0.15, 0.2) is 0 Å². The lowest BCUT2D eigenvalue weighted by Gasteiger charge is -2.18. The number of carbonyl (C=O) groups is 2. The van der Waals surface area contributed by atoms with Crippen molar-refractivity contribution in [3.8, 4) is 0 Å². The Morgan fingerprint density at radius 2 is 2.18 bits per heavy atom. The molecule has 0 aliphatic rings. The van der Waals surface area contributed by atoms with E-state index in [0.29, 0.717) is 29.1 Å². The van der Waals surface area contributed by atoms with Crippen LogP contribution in [0, 0.1) is 6.92 Å². The number of aromatic nitrogens is 1. The van der Waals surface area contributed by atoms with Gasteiger partial charge in [-0.3, -0.25) is 19.5 Å². The lowest BCUT2D eigenvalue weighted by Crippen LogP contribution is -2.32. The van der Waals surface area contributed by atoms with Crippen LogP contribution in [0.5, 0.6) is 0 Å². The van der Waals surface area contributed by atoms with E-state index >= 15 is 0 Å². The number of nitrogens with two attached hydrogens (primary N) is 1. The van der Waals surface area contributed by atoms with Crippen molar-refractivity contribution in [3.05, 3.63) is 58.4 Å². The molecule has 0 spiro atoms. The Morgan fingerprint density at radius 3 is 2.82 bits per heavy atom. The van der Waals surface area contributed by atoms with E-state index in [-0.39, 0.29) is 12.1 Å². The van der Waals surface area contributed by atoms with E-state index in [1.807, 2.05) is 12.1 Å². The number of carbonyl (C=O) groups excluding carboxylic acids is 2. The van der Waals surface area contributed by atoms with Crippen molar-refractivity contribution < 1.29 is 9.59 Å². The summed E-state index contributed by atoms with van der Waals surface area (Å²) in [6.45, 7) is 1.95. The van der Waals surface area contributed by atoms with Crippen LogP contribution in [-0.2, 0) is 11.2 Å². The topological polar surface area (TPSA) is 76.3 Å². The highest BCUT2D eigenvalue weighted by Gasteiger charge is 2.21. The second-order valence-corrected chi connectivity index (χ2v) is 5.26. The van der Waals surface area contributed by atoms with Gasteiger partial charge in [-0.05, 0) is 42.7 Å². The lowest BCUT2D eigenvalue weighted by molar-refractivity contribution is -0.115. The highest BCUT2D eigenvalue weighted by molar-refractivity contribution is 6.32. The molecule has 0 atom stereocenters. The first-order valence-electron chi connectivity index (χ1n) is 6.74. The van der Waals surface area contributed by atoms with Gasteiger partial charge >= 0.3 is 0 Å². The van der Waals surface area contributed by atoms with Crippen molar-refractivity contribution in [2.45, 2.75) is 13.3 Å². The van der Waals surface area contributed by atoms with Gasteiger partial charge in [0.2, 0.25) is 6.41 Å². The highest BCUT2D eigenvalue weighted by atomic mass is 35.5. The Hall–Kier alpha value is -2.40. The molecule has 0 saturated heterocycles. The zero-order chi connectivity index (χ0) is 16.1. The third kappa shape index (κ3) is 3.43. The molecule has 22 heavy (non-hydrogen) atoms. The third-order valence-electron chi connectivity index (χ3n) is 3.40. The van der Waals surface area contributed by atoms with Crippen LogP contribution in [0.1, 0.15) is 21.5 Å². The Balaban J connectivity index is 2.19. The summed E-state index contributed by atoms with van der Waals surface area (Å²) >= 11 is 6.03. The number of halogens is 1. The summed E-state index contributed by atoms with van der Waals surface area (Å²) in [6.07, 6.45) is 4.41. The fraction of sp³-hybridized carbons (Fsp3) is 0.188. The molecular weight excluding hydrogens is 302 g/mol. The molecule has 0 aliphatic carbocycles. The first-order valence-corrected chi connectivity index (χ1v) is 7.12. The third-order valence-corrected chi connectivity index (χ3v) is 3.81. The second kappa shape index (κ2) is 7.04. The predicted molar refractivity (Wildman–Crippen MR) is 85.6 cm³/mol. The van der Waals surface area contributed by atoms with E-state index in [1.165, 1.54) is 0 Å². The molecule has 1 aromatic heterocycles. The normalized spacial score (nSPS) is 10.3. The number of pyridine rings is 1. The van der Waals surface area contributed by atoms with E-state index in [9.17, 15) is 9.59 Å². The fourth-order valence-corrected chi connectivity index (χ4v) is 2.29. The molecule has 1 heterocycles. The zero-order valence-corrected chi connectivity index (χ0v) is 12.9. The van der Waals surface area contributed by atoms with E-state index in [4.69, 9.17) is 17.3 Å². The number of hydrogen-bond acceptors (Lipinski definition) is 4. The van der Waals surface area contributed by atoms with E-state index in [2.05, 4.69) is 4.98 Å². The number of nitrogens with zero attached hydrogens (tertiary/aromatic N) is 2. The minimum atomic E-state index is -0.448. The molecular formula is C16H16ClN3O2. The minimum absolute atomic E-state index is 0.249. The molecule has 0 saturated carbocycles. The van der Waals surface area contributed by atoms with Crippen molar-refractivity contribution in [1.82, 2.24) is 9.88 Å². The van der Waals surface area contributed by atoms with Crippen LogP contribution < -0.4 is 5.73 Å². The number of benzene rings is 1. The summed E-state index contributed by atoms with van der Waals surface area (Å²) in [6, 6.07) is 6.89. The maximum absolute atomic E-state index is 12.5. The van der Waals surface area contributed by atoms with Crippen LogP contribution in [0.4, 0.5) is 5.69 Å². The van der Waals surface area contributed by atoms with Crippen LogP contribution in [0.3, 0.4) is 0 Å². The summed E-state index contributed by atoms with van der Waals surface area (Å²) in [4.78, 5) is 28.9. The zero-order valence-electron chi connectivity index (χ0n) is 12.1. The summed E-state index contributed by atoms with van der Waals surface area (Å²) in [7, 11) is 0. The maximum atomic E-state index is 12.5. The summed E-state index contributed by atoms with van der Waals surface area (Å²) in [5.74, 6) is -0.448. The van der Waals surface area contributed by atoms with Crippen molar-refractivity contribution in [1.29, 1.82) is 0 Å². The predicted octanol–water partition coefficient (Wildman–Crippen LogP) is 2.47. The van der Waals surface area contributed by atoms with Crippen LogP contribution >= 0.6 is 11.6 Å². The van der Waals surface area contributed by atoms with Gasteiger partial charge in [0, 0.05) is 29.6 Å². The quantitative estimate of drug-likeness (QED) is 0.679. The van der Waals surface area contributed by atoms with Crippen LogP contribution in [0.2, 0.25) is 5.02 Å². The van der Waals surface area contributed by atoms with E-state index in [1.54, 1.807) is 31.5 Å². The number of rotatable bonds is 5. The molecule has 0 fully saturated rings. The summed E-state index contributed by atoms with van der Waals surface area (Å²) in [5.41, 5.74) is 7.95. The summed E-state index contributed by atoms with van der Waals surface area (Å²) < 4.78 is 0. The molecule has 2 rings (SSSR count). The Bertz CT molecular complexity index is 689. The Morgan fingerprint density at radius 1 is 1.41 bits per heavy atom. The van der Waals surface area contributed by atoms with Crippen molar-refractivity contribution in [2.75, 3.05) is 12.3 Å². The molecule has 1 aromatic carbocycles. The maximum Gasteiger partial charge on any atom is 0.262 e. The number of amides is 2. The average Bonchev–Trinajstić information content (AvgIpc) is 2.53. The number of imide groups is 1. The second-order valence-electron chi connectivity index (χ2n) is 4.85.